The first-order chi connectivity index (χ1) is 14.0. The number of rotatable bonds is 6. The maximum Gasteiger partial charge on any atom is 0.417 e. The fraction of sp³-hybridized carbons (Fsp3) is 0.476. The summed E-state index contributed by atoms with van der Waals surface area (Å²) in [6.45, 7) is 8.41. The second kappa shape index (κ2) is 8.54. The predicted octanol–water partition coefficient (Wildman–Crippen LogP) is 5.18. The van der Waals surface area contributed by atoms with Gasteiger partial charge in [0.25, 0.3) is 0 Å². The number of fused-ring (bicyclic) bond motifs is 1. The lowest BCUT2D eigenvalue weighted by molar-refractivity contribution is -0.0688. The van der Waals surface area contributed by atoms with Crippen molar-refractivity contribution in [1.82, 2.24) is 9.88 Å². The van der Waals surface area contributed by atoms with Gasteiger partial charge in [-0.3, -0.25) is 0 Å². The highest BCUT2D eigenvalue weighted by molar-refractivity contribution is 6.56. The lowest BCUT2D eigenvalue weighted by atomic mass is 10.0. The Balaban J connectivity index is 2.11. The number of pyridine rings is 1. The molecule has 0 unspecified atom stereocenters. The van der Waals surface area contributed by atoms with Crippen LogP contribution in [0.25, 0.3) is 16.3 Å². The average Bonchev–Trinajstić information content (AvgIpc) is 2.68. The van der Waals surface area contributed by atoms with Crippen LogP contribution in [0, 0.1) is 0 Å². The first kappa shape index (κ1) is 22.5. The third-order valence-electron chi connectivity index (χ3n) is 5.47. The Bertz CT molecular complexity index is 933. The number of nitrogens with zero attached hydrogens (tertiary/aromatic N) is 2. The molecule has 0 spiro atoms. The van der Waals surface area contributed by atoms with E-state index in [4.69, 9.17) is 0 Å². The molecule has 3 rings (SSSR count). The van der Waals surface area contributed by atoms with Gasteiger partial charge in [0, 0.05) is 29.2 Å². The lowest BCUT2D eigenvalue weighted by Gasteiger charge is -2.40. The van der Waals surface area contributed by atoms with Gasteiger partial charge >= 0.3 is 15.3 Å². The van der Waals surface area contributed by atoms with Crippen molar-refractivity contribution in [3.8, 4) is 0 Å². The summed E-state index contributed by atoms with van der Waals surface area (Å²) >= 11 is 0. The Labute approximate surface area is 176 Å². The van der Waals surface area contributed by atoms with E-state index in [0.717, 1.165) is 13.0 Å². The van der Waals surface area contributed by atoms with E-state index in [1.807, 2.05) is 25.8 Å². The molecule has 1 aromatic heterocycles. The molecule has 1 aliphatic heterocycles. The van der Waals surface area contributed by atoms with Crippen LogP contribution in [0.2, 0.25) is 0 Å². The molecular formula is C21H27F4N4Si. The van der Waals surface area contributed by atoms with E-state index in [0.29, 0.717) is 41.4 Å². The fourth-order valence-corrected chi connectivity index (χ4v) is 5.20. The van der Waals surface area contributed by atoms with E-state index in [1.54, 1.807) is 24.3 Å². The Morgan fingerprint density at radius 3 is 2.70 bits per heavy atom. The van der Waals surface area contributed by atoms with Gasteiger partial charge in [-0.15, -0.1) is 0 Å². The van der Waals surface area contributed by atoms with Crippen LogP contribution >= 0.6 is 0 Å². The van der Waals surface area contributed by atoms with Crippen molar-refractivity contribution in [3.05, 3.63) is 36.5 Å². The second-order valence-corrected chi connectivity index (χ2v) is 10.2. The monoisotopic (exact) mass is 439 g/mol. The minimum absolute atomic E-state index is 0.207. The molecule has 1 saturated heterocycles. The standard InChI is InChI=1S/C21H27F4N4Si/c1-5-10-26-18-12-16-15(19(27-18)14(2)21(22,23)24)7-6-8-17(16)28-20(3)9-11-29(4)13-30(20)25/h6-8,12,28H,2,5,9-11,13H2,1,3-4H3,(H,26,27)/t20-/m1/s1. The van der Waals surface area contributed by atoms with E-state index in [-0.39, 0.29) is 5.69 Å². The fourth-order valence-electron chi connectivity index (χ4n) is 3.56. The van der Waals surface area contributed by atoms with Crippen LogP contribution in [-0.4, -0.2) is 56.7 Å². The van der Waals surface area contributed by atoms with Gasteiger partial charge in [-0.05, 0) is 45.5 Å². The van der Waals surface area contributed by atoms with Crippen LogP contribution in [-0.2, 0) is 0 Å². The molecule has 163 valence electrons. The summed E-state index contributed by atoms with van der Waals surface area (Å²) in [6.07, 6.45) is -2.77. The van der Waals surface area contributed by atoms with Crippen molar-refractivity contribution >= 4 is 37.0 Å². The minimum atomic E-state index is -4.60. The number of anilines is 2. The zero-order valence-electron chi connectivity index (χ0n) is 17.5. The second-order valence-electron chi connectivity index (χ2n) is 8.01. The van der Waals surface area contributed by atoms with Gasteiger partial charge in [-0.1, -0.05) is 25.6 Å². The third kappa shape index (κ3) is 4.62. The first-order valence-electron chi connectivity index (χ1n) is 9.98. The molecule has 4 nitrogen and oxygen atoms in total. The van der Waals surface area contributed by atoms with Gasteiger partial charge in [0.1, 0.15) is 5.82 Å². The number of hydrogen-bond acceptors (Lipinski definition) is 4. The quantitative estimate of drug-likeness (QED) is 0.370. The summed E-state index contributed by atoms with van der Waals surface area (Å²) < 4.78 is 55.3. The van der Waals surface area contributed by atoms with Crippen LogP contribution in [0.15, 0.2) is 30.8 Å². The number of aromatic nitrogens is 1. The molecule has 1 radical (unpaired) electrons. The molecule has 0 bridgehead atoms. The number of alkyl halides is 3. The molecule has 1 atom stereocenters. The van der Waals surface area contributed by atoms with Crippen LogP contribution in [0.5, 0.6) is 0 Å². The highest BCUT2D eigenvalue weighted by atomic mass is 28.3. The van der Waals surface area contributed by atoms with Gasteiger partial charge in [0.15, 0.2) is 0 Å². The first-order valence-corrected chi connectivity index (χ1v) is 11.6. The Morgan fingerprint density at radius 1 is 1.33 bits per heavy atom. The molecule has 0 saturated carbocycles. The van der Waals surface area contributed by atoms with Gasteiger partial charge in [0.2, 0.25) is 0 Å². The van der Waals surface area contributed by atoms with E-state index < -0.39 is 26.0 Å². The smallest absolute Gasteiger partial charge is 0.379 e. The number of halogens is 4. The van der Waals surface area contributed by atoms with E-state index in [9.17, 15) is 17.3 Å². The molecule has 1 aliphatic rings. The predicted molar refractivity (Wildman–Crippen MR) is 117 cm³/mol. The zero-order chi connectivity index (χ0) is 22.1. The van der Waals surface area contributed by atoms with Crippen LogP contribution in [0.4, 0.5) is 28.8 Å². The number of allylic oxidation sites excluding steroid dienone is 1. The largest absolute Gasteiger partial charge is 0.417 e. The number of benzene rings is 1. The van der Waals surface area contributed by atoms with Crippen molar-refractivity contribution in [1.29, 1.82) is 0 Å². The van der Waals surface area contributed by atoms with Crippen molar-refractivity contribution in [2.75, 3.05) is 36.9 Å². The SMILES string of the molecule is C=C(c1nc(NCCC)cc2c(N[C@@]3(C)CCN(C)C[Si]3F)cccc12)C(F)(F)F. The molecule has 30 heavy (non-hydrogen) atoms. The Hall–Kier alpha value is -2.13. The highest BCUT2D eigenvalue weighted by Crippen LogP contribution is 2.39. The maximum absolute atomic E-state index is 15.0. The van der Waals surface area contributed by atoms with Crippen molar-refractivity contribution in [3.63, 3.8) is 0 Å². The van der Waals surface area contributed by atoms with Crippen LogP contribution in [0.3, 0.4) is 0 Å². The van der Waals surface area contributed by atoms with Crippen molar-refractivity contribution < 1.29 is 17.3 Å². The Kier molecular flexibility index (Phi) is 6.42. The molecule has 2 N–H and O–H groups in total. The summed E-state index contributed by atoms with van der Waals surface area (Å²) in [7, 11) is -0.334. The number of hydrogen-bond donors (Lipinski definition) is 2. The summed E-state index contributed by atoms with van der Waals surface area (Å²) in [5.74, 6) is 0.346. The average molecular weight is 440 g/mol. The van der Waals surface area contributed by atoms with Gasteiger partial charge in [-0.2, -0.15) is 13.2 Å². The summed E-state index contributed by atoms with van der Waals surface area (Å²) in [5, 5.41) is 6.60. The Morgan fingerprint density at radius 2 is 2.07 bits per heavy atom. The van der Waals surface area contributed by atoms with Crippen LogP contribution < -0.4 is 10.6 Å². The summed E-state index contributed by atoms with van der Waals surface area (Å²) in [6, 6.07) is 6.78. The summed E-state index contributed by atoms with van der Waals surface area (Å²) in [5.41, 5.74) is -0.593. The summed E-state index contributed by atoms with van der Waals surface area (Å²) in [4.78, 5) is 6.18. The minimum Gasteiger partial charge on any atom is -0.379 e. The lowest BCUT2D eigenvalue weighted by Crippen LogP contribution is -2.58. The maximum atomic E-state index is 15.0. The van der Waals surface area contributed by atoms with Crippen molar-refractivity contribution in [2.45, 2.75) is 38.0 Å². The zero-order valence-corrected chi connectivity index (χ0v) is 18.5. The third-order valence-corrected chi connectivity index (χ3v) is 7.86. The molecule has 1 fully saturated rings. The molecular weight excluding hydrogens is 412 g/mol. The van der Waals surface area contributed by atoms with Gasteiger partial charge < -0.3 is 19.6 Å². The van der Waals surface area contributed by atoms with Gasteiger partial charge in [-0.25, -0.2) is 4.98 Å². The van der Waals surface area contributed by atoms with Gasteiger partial charge in [0.05, 0.1) is 16.4 Å². The normalized spacial score (nSPS) is 21.0. The van der Waals surface area contributed by atoms with E-state index in [2.05, 4.69) is 22.2 Å². The number of nitrogens with one attached hydrogen (secondary N) is 2. The molecule has 0 amide bonds. The molecule has 9 heteroatoms. The highest BCUT2D eigenvalue weighted by Gasteiger charge is 2.42. The van der Waals surface area contributed by atoms with Crippen LogP contribution in [0.1, 0.15) is 32.4 Å². The molecule has 2 aromatic rings. The molecule has 2 heterocycles. The molecule has 0 aliphatic carbocycles. The molecule has 1 aromatic carbocycles. The van der Waals surface area contributed by atoms with E-state index in [1.165, 1.54) is 0 Å². The van der Waals surface area contributed by atoms with E-state index >= 15 is 0 Å². The van der Waals surface area contributed by atoms with Crippen molar-refractivity contribution in [2.24, 2.45) is 0 Å². The topological polar surface area (TPSA) is 40.2 Å².